The van der Waals surface area contributed by atoms with Crippen molar-refractivity contribution in [2.24, 2.45) is 16.6 Å². The van der Waals surface area contributed by atoms with E-state index in [0.717, 1.165) is 19.0 Å². The molecule has 3 heteroatoms. The lowest BCUT2D eigenvalue weighted by atomic mass is 9.89. The van der Waals surface area contributed by atoms with Crippen LogP contribution in [0.4, 0.5) is 0 Å². The van der Waals surface area contributed by atoms with Crippen LogP contribution in [-0.4, -0.2) is 23.9 Å². The third-order valence-electron chi connectivity index (χ3n) is 4.93. The smallest absolute Gasteiger partial charge is 0.192 e. The lowest BCUT2D eigenvalue weighted by Gasteiger charge is -2.37. The fraction of sp³-hybridized carbons (Fsp3) is 0.389. The second-order valence-corrected chi connectivity index (χ2v) is 6.56. The zero-order chi connectivity index (χ0) is 14.4. The van der Waals surface area contributed by atoms with E-state index in [1.807, 2.05) is 0 Å². The maximum Gasteiger partial charge on any atom is 0.192 e. The first-order valence-corrected chi connectivity index (χ1v) is 7.74. The minimum absolute atomic E-state index is 0.100. The molecule has 3 nitrogen and oxygen atoms in total. The number of fused-ring (bicyclic) bond motifs is 1. The summed E-state index contributed by atoms with van der Waals surface area (Å²) in [6, 6.07) is 15.2. The Morgan fingerprint density at radius 3 is 2.71 bits per heavy atom. The Balaban J connectivity index is 1.74. The van der Waals surface area contributed by atoms with E-state index in [9.17, 15) is 0 Å². The summed E-state index contributed by atoms with van der Waals surface area (Å²) in [4.78, 5) is 6.84. The minimum atomic E-state index is -0.100. The molecule has 2 N–H and O–H groups in total. The molecule has 0 saturated heterocycles. The van der Waals surface area contributed by atoms with Gasteiger partial charge in [0.25, 0.3) is 0 Å². The quantitative estimate of drug-likeness (QED) is 0.938. The molecule has 1 aliphatic heterocycles. The summed E-state index contributed by atoms with van der Waals surface area (Å²) in [6.45, 7) is 4.06. The fourth-order valence-electron chi connectivity index (χ4n) is 3.28. The van der Waals surface area contributed by atoms with E-state index in [4.69, 9.17) is 5.73 Å². The molecule has 0 aromatic heterocycles. The number of nitrogens with zero attached hydrogens (tertiary/aromatic N) is 2. The van der Waals surface area contributed by atoms with Gasteiger partial charge < -0.3 is 10.6 Å². The standard InChI is InChI=1S/C18H21N3/c1-18(12-20-17(19)21(18)11-13-6-7-13)16-9-8-14-4-2-3-5-15(14)10-16/h2-5,8-10,13H,6-7,11-12H2,1H3,(H2,19,20). The maximum atomic E-state index is 6.16. The minimum Gasteiger partial charge on any atom is -0.370 e. The van der Waals surface area contributed by atoms with Crippen LogP contribution in [0.5, 0.6) is 0 Å². The molecule has 1 unspecified atom stereocenters. The van der Waals surface area contributed by atoms with Crippen molar-refractivity contribution in [2.75, 3.05) is 13.1 Å². The highest BCUT2D eigenvalue weighted by atomic mass is 15.4. The molecule has 1 aliphatic carbocycles. The second-order valence-electron chi connectivity index (χ2n) is 6.56. The second kappa shape index (κ2) is 4.48. The largest absolute Gasteiger partial charge is 0.370 e. The summed E-state index contributed by atoms with van der Waals surface area (Å²) in [5, 5.41) is 2.57. The molecule has 1 heterocycles. The van der Waals surface area contributed by atoms with Crippen LogP contribution in [0.1, 0.15) is 25.3 Å². The number of benzene rings is 2. The van der Waals surface area contributed by atoms with Gasteiger partial charge in [0.05, 0.1) is 12.1 Å². The highest BCUT2D eigenvalue weighted by molar-refractivity contribution is 5.85. The predicted molar refractivity (Wildman–Crippen MR) is 87.2 cm³/mol. The molecule has 0 amide bonds. The number of hydrogen-bond acceptors (Lipinski definition) is 3. The Morgan fingerprint density at radius 1 is 1.19 bits per heavy atom. The molecular formula is C18H21N3. The molecule has 2 aliphatic rings. The van der Waals surface area contributed by atoms with Crippen molar-refractivity contribution in [1.82, 2.24) is 4.90 Å². The summed E-state index contributed by atoms with van der Waals surface area (Å²) in [7, 11) is 0. The summed E-state index contributed by atoms with van der Waals surface area (Å²) in [5.41, 5.74) is 7.37. The Morgan fingerprint density at radius 2 is 1.95 bits per heavy atom. The van der Waals surface area contributed by atoms with Crippen molar-refractivity contribution in [3.8, 4) is 0 Å². The van der Waals surface area contributed by atoms with Crippen LogP contribution in [0.2, 0.25) is 0 Å². The number of guanidine groups is 1. The zero-order valence-electron chi connectivity index (χ0n) is 12.4. The van der Waals surface area contributed by atoms with Gasteiger partial charge in [-0.2, -0.15) is 0 Å². The monoisotopic (exact) mass is 279 g/mol. The van der Waals surface area contributed by atoms with Gasteiger partial charge in [-0.25, -0.2) is 0 Å². The molecule has 1 fully saturated rings. The number of hydrogen-bond donors (Lipinski definition) is 1. The van der Waals surface area contributed by atoms with Gasteiger partial charge in [-0.05, 0) is 48.1 Å². The van der Waals surface area contributed by atoms with Crippen LogP contribution < -0.4 is 5.73 Å². The number of aliphatic imine (C=N–C) groups is 1. The molecular weight excluding hydrogens is 258 g/mol. The highest BCUT2D eigenvalue weighted by Crippen LogP contribution is 2.38. The van der Waals surface area contributed by atoms with Crippen molar-refractivity contribution in [3.63, 3.8) is 0 Å². The van der Waals surface area contributed by atoms with Crippen molar-refractivity contribution >= 4 is 16.7 Å². The van der Waals surface area contributed by atoms with Gasteiger partial charge >= 0.3 is 0 Å². The lowest BCUT2D eigenvalue weighted by molar-refractivity contribution is 0.217. The van der Waals surface area contributed by atoms with Crippen molar-refractivity contribution in [1.29, 1.82) is 0 Å². The fourth-order valence-corrected chi connectivity index (χ4v) is 3.28. The molecule has 0 bridgehead atoms. The zero-order valence-corrected chi connectivity index (χ0v) is 12.4. The molecule has 4 rings (SSSR count). The van der Waals surface area contributed by atoms with Gasteiger partial charge in [0, 0.05) is 6.54 Å². The molecule has 1 atom stereocenters. The Bertz CT molecular complexity index is 717. The summed E-state index contributed by atoms with van der Waals surface area (Å²) in [5.74, 6) is 1.51. The number of rotatable bonds is 3. The van der Waals surface area contributed by atoms with Gasteiger partial charge in [0.2, 0.25) is 0 Å². The van der Waals surface area contributed by atoms with E-state index in [-0.39, 0.29) is 5.54 Å². The Hall–Kier alpha value is -2.03. The third-order valence-corrected chi connectivity index (χ3v) is 4.93. The van der Waals surface area contributed by atoms with Crippen LogP contribution in [0.25, 0.3) is 10.8 Å². The van der Waals surface area contributed by atoms with Crippen LogP contribution in [0, 0.1) is 5.92 Å². The topological polar surface area (TPSA) is 41.6 Å². The normalized spacial score (nSPS) is 25.4. The summed E-state index contributed by atoms with van der Waals surface area (Å²) in [6.07, 6.45) is 2.66. The highest BCUT2D eigenvalue weighted by Gasteiger charge is 2.41. The average Bonchev–Trinajstić information content (AvgIpc) is 3.28. The summed E-state index contributed by atoms with van der Waals surface area (Å²) >= 11 is 0. The first-order chi connectivity index (χ1) is 10.2. The van der Waals surface area contributed by atoms with Gasteiger partial charge in [-0.1, -0.05) is 36.4 Å². The predicted octanol–water partition coefficient (Wildman–Crippen LogP) is 3.10. The Kier molecular flexibility index (Phi) is 2.71. The SMILES string of the molecule is CC1(c2ccc3ccccc3c2)CN=C(N)N1CC1CC1. The maximum absolute atomic E-state index is 6.16. The van der Waals surface area contributed by atoms with Crippen LogP contribution in [-0.2, 0) is 5.54 Å². The third kappa shape index (κ3) is 2.08. The average molecular weight is 279 g/mol. The van der Waals surface area contributed by atoms with Crippen molar-refractivity contribution < 1.29 is 0 Å². The van der Waals surface area contributed by atoms with E-state index in [2.05, 4.69) is 59.3 Å². The van der Waals surface area contributed by atoms with E-state index in [0.29, 0.717) is 5.96 Å². The first-order valence-electron chi connectivity index (χ1n) is 7.74. The molecule has 0 spiro atoms. The molecule has 1 saturated carbocycles. The first kappa shape index (κ1) is 12.7. The van der Waals surface area contributed by atoms with Gasteiger partial charge in [-0.15, -0.1) is 0 Å². The van der Waals surface area contributed by atoms with Crippen LogP contribution in [0.15, 0.2) is 47.5 Å². The molecule has 108 valence electrons. The van der Waals surface area contributed by atoms with Crippen LogP contribution in [0.3, 0.4) is 0 Å². The van der Waals surface area contributed by atoms with Crippen molar-refractivity contribution in [3.05, 3.63) is 48.0 Å². The van der Waals surface area contributed by atoms with E-state index in [1.54, 1.807) is 0 Å². The van der Waals surface area contributed by atoms with Crippen molar-refractivity contribution in [2.45, 2.75) is 25.3 Å². The van der Waals surface area contributed by atoms with Gasteiger partial charge in [-0.3, -0.25) is 4.99 Å². The van der Waals surface area contributed by atoms with E-state index >= 15 is 0 Å². The molecule has 0 radical (unpaired) electrons. The molecule has 2 aromatic carbocycles. The lowest BCUT2D eigenvalue weighted by Crippen LogP contribution is -2.48. The van der Waals surface area contributed by atoms with Gasteiger partial charge in [0.1, 0.15) is 0 Å². The Labute approximate surface area is 125 Å². The molecule has 2 aromatic rings. The van der Waals surface area contributed by atoms with E-state index < -0.39 is 0 Å². The van der Waals surface area contributed by atoms with E-state index in [1.165, 1.54) is 29.2 Å². The number of nitrogens with two attached hydrogens (primary N) is 1. The summed E-state index contributed by atoms with van der Waals surface area (Å²) < 4.78 is 0. The van der Waals surface area contributed by atoms with Gasteiger partial charge in [0.15, 0.2) is 5.96 Å². The van der Waals surface area contributed by atoms with Crippen LogP contribution >= 0.6 is 0 Å². The molecule has 21 heavy (non-hydrogen) atoms.